The number of methoxy groups -OCH3 is 2. The highest BCUT2D eigenvalue weighted by Crippen LogP contribution is 2.13. The Morgan fingerprint density at radius 3 is 2.35 bits per heavy atom. The van der Waals surface area contributed by atoms with E-state index < -0.39 is 0 Å². The number of ether oxygens (including phenoxy) is 3. The Morgan fingerprint density at radius 2 is 1.78 bits per heavy atom. The molecule has 0 radical (unpaired) electrons. The molecule has 0 aromatic heterocycles. The van der Waals surface area contributed by atoms with E-state index in [0.717, 1.165) is 0 Å². The summed E-state index contributed by atoms with van der Waals surface area (Å²) < 4.78 is 15.0. The van der Waals surface area contributed by atoms with Crippen molar-refractivity contribution in [3.63, 3.8) is 0 Å². The maximum Gasteiger partial charge on any atom is 0.307 e. The van der Waals surface area contributed by atoms with E-state index in [9.17, 15) is 9.59 Å². The standard InChI is InChI=1S/C17H25NO5/c1-4-23-16(19)10-12-18(11-5-13-21-2)17(20)14-6-8-15(22-3)9-7-14/h6-9H,4-5,10-13H2,1-3H3. The number of hydrogen-bond acceptors (Lipinski definition) is 5. The van der Waals surface area contributed by atoms with Crippen LogP contribution in [-0.2, 0) is 14.3 Å². The normalized spacial score (nSPS) is 10.2. The third kappa shape index (κ3) is 6.69. The van der Waals surface area contributed by atoms with E-state index in [1.165, 1.54) is 0 Å². The van der Waals surface area contributed by atoms with Crippen LogP contribution in [-0.4, -0.2) is 57.3 Å². The summed E-state index contributed by atoms with van der Waals surface area (Å²) in [5.74, 6) is 0.277. The molecule has 0 fully saturated rings. The van der Waals surface area contributed by atoms with Crippen molar-refractivity contribution in [1.29, 1.82) is 0 Å². The molecule has 1 amide bonds. The van der Waals surface area contributed by atoms with Gasteiger partial charge in [0.2, 0.25) is 0 Å². The van der Waals surface area contributed by atoms with Crippen molar-refractivity contribution in [2.45, 2.75) is 19.8 Å². The van der Waals surface area contributed by atoms with E-state index in [-0.39, 0.29) is 18.3 Å². The van der Waals surface area contributed by atoms with Crippen molar-refractivity contribution in [2.24, 2.45) is 0 Å². The number of nitrogens with zero attached hydrogens (tertiary/aromatic N) is 1. The van der Waals surface area contributed by atoms with Crippen LogP contribution in [0.2, 0.25) is 0 Å². The Balaban J connectivity index is 2.71. The lowest BCUT2D eigenvalue weighted by Crippen LogP contribution is -2.34. The van der Waals surface area contributed by atoms with E-state index in [2.05, 4.69) is 0 Å². The van der Waals surface area contributed by atoms with Crippen LogP contribution in [0.15, 0.2) is 24.3 Å². The topological polar surface area (TPSA) is 65.1 Å². The zero-order valence-corrected chi connectivity index (χ0v) is 14.0. The van der Waals surface area contributed by atoms with Crippen molar-refractivity contribution >= 4 is 11.9 Å². The molecule has 0 aliphatic heterocycles. The highest BCUT2D eigenvalue weighted by atomic mass is 16.5. The van der Waals surface area contributed by atoms with Gasteiger partial charge in [0, 0.05) is 32.4 Å². The van der Waals surface area contributed by atoms with Gasteiger partial charge in [-0.1, -0.05) is 0 Å². The van der Waals surface area contributed by atoms with Crippen LogP contribution in [0.25, 0.3) is 0 Å². The zero-order chi connectivity index (χ0) is 17.1. The highest BCUT2D eigenvalue weighted by Gasteiger charge is 2.17. The Kier molecular flexibility index (Phi) is 8.75. The van der Waals surface area contributed by atoms with Crippen LogP contribution < -0.4 is 4.74 Å². The number of benzene rings is 1. The van der Waals surface area contributed by atoms with Gasteiger partial charge in [0.05, 0.1) is 20.1 Å². The Bertz CT molecular complexity index is 486. The quantitative estimate of drug-likeness (QED) is 0.487. The van der Waals surface area contributed by atoms with Gasteiger partial charge in [0.1, 0.15) is 5.75 Å². The molecule has 0 N–H and O–H groups in total. The highest BCUT2D eigenvalue weighted by molar-refractivity contribution is 5.94. The minimum absolute atomic E-state index is 0.118. The van der Waals surface area contributed by atoms with Crippen LogP contribution in [0.1, 0.15) is 30.1 Å². The van der Waals surface area contributed by atoms with Gasteiger partial charge < -0.3 is 19.1 Å². The molecule has 0 saturated heterocycles. The predicted octanol–water partition coefficient (Wildman–Crippen LogP) is 2.13. The minimum Gasteiger partial charge on any atom is -0.497 e. The van der Waals surface area contributed by atoms with Gasteiger partial charge in [-0.15, -0.1) is 0 Å². The summed E-state index contributed by atoms with van der Waals surface area (Å²) in [7, 11) is 3.20. The molecule has 0 heterocycles. The lowest BCUT2D eigenvalue weighted by atomic mass is 10.1. The summed E-state index contributed by atoms with van der Waals surface area (Å²) in [6.07, 6.45) is 0.893. The number of hydrogen-bond donors (Lipinski definition) is 0. The van der Waals surface area contributed by atoms with Gasteiger partial charge in [0.15, 0.2) is 0 Å². The SMILES string of the molecule is CCOC(=O)CCN(CCCOC)C(=O)c1ccc(OC)cc1. The van der Waals surface area contributed by atoms with Gasteiger partial charge in [0.25, 0.3) is 5.91 Å². The van der Waals surface area contributed by atoms with Crippen LogP contribution in [0.4, 0.5) is 0 Å². The fourth-order valence-corrected chi connectivity index (χ4v) is 2.09. The van der Waals surface area contributed by atoms with E-state index in [0.29, 0.717) is 44.0 Å². The molecule has 0 bridgehead atoms. The fraction of sp³-hybridized carbons (Fsp3) is 0.529. The summed E-state index contributed by atoms with van der Waals surface area (Å²) in [6.45, 7) is 3.52. The smallest absolute Gasteiger partial charge is 0.307 e. The first-order valence-corrected chi connectivity index (χ1v) is 7.70. The van der Waals surface area contributed by atoms with Crippen LogP contribution in [0.3, 0.4) is 0 Å². The zero-order valence-electron chi connectivity index (χ0n) is 14.0. The first kappa shape index (κ1) is 19.0. The molecule has 6 nitrogen and oxygen atoms in total. The second-order valence-electron chi connectivity index (χ2n) is 4.92. The second kappa shape index (κ2) is 10.6. The van der Waals surface area contributed by atoms with Crippen LogP contribution in [0, 0.1) is 0 Å². The Labute approximate surface area is 137 Å². The third-order valence-corrected chi connectivity index (χ3v) is 3.29. The third-order valence-electron chi connectivity index (χ3n) is 3.29. The molecule has 0 spiro atoms. The van der Waals surface area contributed by atoms with Gasteiger partial charge in [-0.2, -0.15) is 0 Å². The van der Waals surface area contributed by atoms with Crippen molar-refractivity contribution in [3.8, 4) is 5.75 Å². The lowest BCUT2D eigenvalue weighted by Gasteiger charge is -2.22. The van der Waals surface area contributed by atoms with Gasteiger partial charge in [-0.05, 0) is 37.6 Å². The maximum absolute atomic E-state index is 12.6. The van der Waals surface area contributed by atoms with E-state index in [1.54, 1.807) is 50.3 Å². The summed E-state index contributed by atoms with van der Waals surface area (Å²) >= 11 is 0. The largest absolute Gasteiger partial charge is 0.497 e. The second-order valence-corrected chi connectivity index (χ2v) is 4.92. The minimum atomic E-state index is -0.299. The van der Waals surface area contributed by atoms with Crippen molar-refractivity contribution < 1.29 is 23.8 Å². The first-order chi connectivity index (χ1) is 11.1. The molecule has 0 unspecified atom stereocenters. The first-order valence-electron chi connectivity index (χ1n) is 7.70. The number of rotatable bonds is 10. The van der Waals surface area contributed by atoms with Crippen LogP contribution >= 0.6 is 0 Å². The van der Waals surface area contributed by atoms with Crippen molar-refractivity contribution in [3.05, 3.63) is 29.8 Å². The molecule has 0 aliphatic rings. The molecule has 128 valence electrons. The maximum atomic E-state index is 12.6. The number of carbonyl (C=O) groups is 2. The van der Waals surface area contributed by atoms with Gasteiger partial charge in [-0.3, -0.25) is 9.59 Å². The van der Waals surface area contributed by atoms with E-state index in [1.807, 2.05) is 0 Å². The summed E-state index contributed by atoms with van der Waals surface area (Å²) in [5, 5.41) is 0. The van der Waals surface area contributed by atoms with Crippen molar-refractivity contribution in [1.82, 2.24) is 4.90 Å². The molecule has 0 aliphatic carbocycles. The Hall–Kier alpha value is -2.08. The molecule has 1 rings (SSSR count). The van der Waals surface area contributed by atoms with E-state index >= 15 is 0 Å². The number of esters is 1. The predicted molar refractivity (Wildman–Crippen MR) is 86.6 cm³/mol. The molecule has 1 aromatic carbocycles. The summed E-state index contributed by atoms with van der Waals surface area (Å²) in [6, 6.07) is 6.92. The van der Waals surface area contributed by atoms with Crippen LogP contribution in [0.5, 0.6) is 5.75 Å². The van der Waals surface area contributed by atoms with E-state index in [4.69, 9.17) is 14.2 Å². The molecule has 6 heteroatoms. The molecule has 1 aromatic rings. The molecule has 23 heavy (non-hydrogen) atoms. The number of carbonyl (C=O) groups excluding carboxylic acids is 2. The Morgan fingerprint density at radius 1 is 1.09 bits per heavy atom. The lowest BCUT2D eigenvalue weighted by molar-refractivity contribution is -0.143. The average Bonchev–Trinajstić information content (AvgIpc) is 2.57. The molecular weight excluding hydrogens is 298 g/mol. The molecule has 0 atom stereocenters. The molecule has 0 saturated carbocycles. The summed E-state index contributed by atoms with van der Waals surface area (Å²) in [5.41, 5.74) is 0.562. The monoisotopic (exact) mass is 323 g/mol. The van der Waals surface area contributed by atoms with Crippen molar-refractivity contribution in [2.75, 3.05) is 40.5 Å². The number of amides is 1. The van der Waals surface area contributed by atoms with Gasteiger partial charge >= 0.3 is 5.97 Å². The molecular formula is C17H25NO5. The summed E-state index contributed by atoms with van der Waals surface area (Å²) in [4.78, 5) is 25.8. The van der Waals surface area contributed by atoms with Gasteiger partial charge in [-0.25, -0.2) is 0 Å². The fourth-order valence-electron chi connectivity index (χ4n) is 2.09. The average molecular weight is 323 g/mol.